The minimum Gasteiger partial charge on any atom is -0.490 e. The molecule has 1 N–H and O–H groups in total. The second-order valence-electron chi connectivity index (χ2n) is 6.80. The average Bonchev–Trinajstić information content (AvgIpc) is 2.76. The fraction of sp³-hybridized carbons (Fsp3) is 0.478. The lowest BCUT2D eigenvalue weighted by molar-refractivity contribution is 0.0930. The molecule has 164 valence electrons. The van der Waals surface area contributed by atoms with Crippen LogP contribution in [0.5, 0.6) is 17.4 Å². The smallest absolute Gasteiger partial charge is 0.257 e. The molecule has 0 fully saturated rings. The molecule has 0 radical (unpaired) electrons. The summed E-state index contributed by atoms with van der Waals surface area (Å²) in [7, 11) is 1.59. The molecule has 0 saturated heterocycles. The van der Waals surface area contributed by atoms with Gasteiger partial charge >= 0.3 is 0 Å². The molecule has 1 aromatic heterocycles. The Hall–Kier alpha value is -2.80. The van der Waals surface area contributed by atoms with E-state index in [1.54, 1.807) is 25.4 Å². The van der Waals surface area contributed by atoms with Crippen LogP contribution in [0.25, 0.3) is 0 Å². The van der Waals surface area contributed by atoms with E-state index >= 15 is 0 Å². The highest BCUT2D eigenvalue weighted by atomic mass is 16.5. The van der Waals surface area contributed by atoms with E-state index in [2.05, 4.69) is 24.1 Å². The molecule has 7 nitrogen and oxygen atoms in total. The van der Waals surface area contributed by atoms with Crippen molar-refractivity contribution >= 4 is 5.91 Å². The quantitative estimate of drug-likeness (QED) is 0.494. The van der Waals surface area contributed by atoms with Gasteiger partial charge in [0.25, 0.3) is 5.91 Å². The Kier molecular flexibility index (Phi) is 9.94. The SMILES string of the molecule is CCCOc1ccc(C(C)NC(=O)c2cccnc2OCCOC)cc1OCCC. The number of rotatable bonds is 13. The number of carbonyl (C=O) groups excluding carboxylic acids is 1. The predicted molar refractivity (Wildman–Crippen MR) is 116 cm³/mol. The fourth-order valence-electron chi connectivity index (χ4n) is 2.71. The molecule has 0 aliphatic carbocycles. The Labute approximate surface area is 178 Å². The van der Waals surface area contributed by atoms with Crippen molar-refractivity contribution in [2.75, 3.05) is 33.5 Å². The van der Waals surface area contributed by atoms with Crippen molar-refractivity contribution in [3.05, 3.63) is 47.7 Å². The molecule has 1 atom stereocenters. The van der Waals surface area contributed by atoms with Gasteiger partial charge in [-0.1, -0.05) is 19.9 Å². The molecule has 0 aliphatic rings. The molecule has 0 bridgehead atoms. The van der Waals surface area contributed by atoms with E-state index in [0.29, 0.717) is 43.5 Å². The normalized spacial score (nSPS) is 11.6. The molecule has 1 amide bonds. The number of hydrogen-bond acceptors (Lipinski definition) is 6. The average molecular weight is 417 g/mol. The molecule has 0 spiro atoms. The van der Waals surface area contributed by atoms with Crippen molar-refractivity contribution < 1.29 is 23.7 Å². The number of amides is 1. The zero-order valence-electron chi connectivity index (χ0n) is 18.3. The molecule has 0 aliphatic heterocycles. The number of methoxy groups -OCH3 is 1. The summed E-state index contributed by atoms with van der Waals surface area (Å²) in [5.41, 5.74) is 1.30. The van der Waals surface area contributed by atoms with E-state index in [0.717, 1.165) is 18.4 Å². The summed E-state index contributed by atoms with van der Waals surface area (Å²) >= 11 is 0. The lowest BCUT2D eigenvalue weighted by Crippen LogP contribution is -2.27. The van der Waals surface area contributed by atoms with Crippen LogP contribution in [0.1, 0.15) is 55.6 Å². The first-order valence-electron chi connectivity index (χ1n) is 10.4. The second kappa shape index (κ2) is 12.7. The van der Waals surface area contributed by atoms with Gasteiger partial charge in [-0.25, -0.2) is 4.98 Å². The number of benzene rings is 1. The maximum atomic E-state index is 12.8. The minimum absolute atomic E-state index is 0.242. The van der Waals surface area contributed by atoms with Gasteiger partial charge in [0.1, 0.15) is 12.2 Å². The zero-order chi connectivity index (χ0) is 21.8. The minimum atomic E-state index is -0.259. The molecular weight excluding hydrogens is 384 g/mol. The monoisotopic (exact) mass is 416 g/mol. The van der Waals surface area contributed by atoms with Gasteiger partial charge in [-0.05, 0) is 49.6 Å². The molecule has 0 saturated carbocycles. The number of ether oxygens (including phenoxy) is 4. The predicted octanol–water partition coefficient (Wildman–Crippen LogP) is 4.18. The molecule has 1 aromatic carbocycles. The van der Waals surface area contributed by atoms with E-state index < -0.39 is 0 Å². The first kappa shape index (κ1) is 23.5. The van der Waals surface area contributed by atoms with Gasteiger partial charge in [0.2, 0.25) is 5.88 Å². The first-order valence-corrected chi connectivity index (χ1v) is 10.4. The van der Waals surface area contributed by atoms with E-state index in [9.17, 15) is 4.79 Å². The number of hydrogen-bond donors (Lipinski definition) is 1. The highest BCUT2D eigenvalue weighted by molar-refractivity contribution is 5.96. The number of aromatic nitrogens is 1. The van der Waals surface area contributed by atoms with Crippen LogP contribution in [-0.2, 0) is 4.74 Å². The van der Waals surface area contributed by atoms with E-state index in [4.69, 9.17) is 18.9 Å². The first-order chi connectivity index (χ1) is 14.6. The summed E-state index contributed by atoms with van der Waals surface area (Å²) in [6, 6.07) is 8.91. The van der Waals surface area contributed by atoms with Crippen LogP contribution in [0.4, 0.5) is 0 Å². The van der Waals surface area contributed by atoms with Crippen LogP contribution in [0.2, 0.25) is 0 Å². The maximum Gasteiger partial charge on any atom is 0.257 e. The lowest BCUT2D eigenvalue weighted by atomic mass is 10.1. The van der Waals surface area contributed by atoms with E-state index in [1.165, 1.54) is 0 Å². The summed E-state index contributed by atoms with van der Waals surface area (Å²) in [5.74, 6) is 1.43. The van der Waals surface area contributed by atoms with Gasteiger partial charge in [-0.15, -0.1) is 0 Å². The Bertz CT molecular complexity index is 797. The van der Waals surface area contributed by atoms with Gasteiger partial charge in [0.05, 0.1) is 25.9 Å². The molecule has 2 aromatic rings. The van der Waals surface area contributed by atoms with Crippen molar-refractivity contribution in [3.63, 3.8) is 0 Å². The number of carbonyl (C=O) groups is 1. The van der Waals surface area contributed by atoms with Gasteiger partial charge in [0, 0.05) is 13.3 Å². The fourth-order valence-corrected chi connectivity index (χ4v) is 2.71. The molecule has 7 heteroatoms. The van der Waals surface area contributed by atoms with Crippen LogP contribution in [-0.4, -0.2) is 44.4 Å². The molecule has 30 heavy (non-hydrogen) atoms. The summed E-state index contributed by atoms with van der Waals surface area (Å²) in [6.45, 7) is 8.00. The van der Waals surface area contributed by atoms with Crippen LogP contribution in [0, 0.1) is 0 Å². The van der Waals surface area contributed by atoms with Crippen molar-refractivity contribution in [2.45, 2.75) is 39.7 Å². The second-order valence-corrected chi connectivity index (χ2v) is 6.80. The summed E-state index contributed by atoms with van der Waals surface area (Å²) in [4.78, 5) is 17.0. The van der Waals surface area contributed by atoms with Crippen molar-refractivity contribution in [2.24, 2.45) is 0 Å². The number of pyridine rings is 1. The number of nitrogens with zero attached hydrogens (tertiary/aromatic N) is 1. The highest BCUT2D eigenvalue weighted by Crippen LogP contribution is 2.31. The topological polar surface area (TPSA) is 78.9 Å². The van der Waals surface area contributed by atoms with Gasteiger partial charge in [-0.2, -0.15) is 0 Å². The third-order valence-electron chi connectivity index (χ3n) is 4.28. The Balaban J connectivity index is 2.13. The zero-order valence-corrected chi connectivity index (χ0v) is 18.3. The Morgan fingerprint density at radius 2 is 1.73 bits per heavy atom. The largest absolute Gasteiger partial charge is 0.490 e. The maximum absolute atomic E-state index is 12.8. The molecule has 2 rings (SSSR count). The van der Waals surface area contributed by atoms with Crippen LogP contribution < -0.4 is 19.5 Å². The van der Waals surface area contributed by atoms with Gasteiger partial charge < -0.3 is 24.3 Å². The van der Waals surface area contributed by atoms with Crippen molar-refractivity contribution in [1.82, 2.24) is 10.3 Å². The third-order valence-corrected chi connectivity index (χ3v) is 4.28. The third kappa shape index (κ3) is 6.91. The van der Waals surface area contributed by atoms with E-state index in [1.807, 2.05) is 25.1 Å². The van der Waals surface area contributed by atoms with Crippen molar-refractivity contribution in [3.8, 4) is 17.4 Å². The highest BCUT2D eigenvalue weighted by Gasteiger charge is 2.18. The summed E-state index contributed by atoms with van der Waals surface area (Å²) in [5, 5.41) is 3.00. The molecule has 1 unspecified atom stereocenters. The van der Waals surface area contributed by atoms with E-state index in [-0.39, 0.29) is 17.8 Å². The Morgan fingerprint density at radius 3 is 2.43 bits per heavy atom. The Morgan fingerprint density at radius 1 is 1.00 bits per heavy atom. The van der Waals surface area contributed by atoms with Crippen LogP contribution >= 0.6 is 0 Å². The summed E-state index contributed by atoms with van der Waals surface area (Å²) < 4.78 is 22.2. The summed E-state index contributed by atoms with van der Waals surface area (Å²) in [6.07, 6.45) is 3.41. The lowest BCUT2D eigenvalue weighted by Gasteiger charge is -2.18. The van der Waals surface area contributed by atoms with Gasteiger partial charge in [0.15, 0.2) is 11.5 Å². The van der Waals surface area contributed by atoms with Gasteiger partial charge in [-0.3, -0.25) is 4.79 Å². The molecule has 1 heterocycles. The van der Waals surface area contributed by atoms with Crippen LogP contribution in [0.3, 0.4) is 0 Å². The van der Waals surface area contributed by atoms with Crippen LogP contribution in [0.15, 0.2) is 36.5 Å². The number of nitrogens with one attached hydrogen (secondary N) is 1. The standard InChI is InChI=1S/C23H32N2O5/c1-5-12-28-20-10-9-18(16-21(20)29-13-6-2)17(3)25-22(26)19-8-7-11-24-23(19)30-15-14-27-4/h7-11,16-17H,5-6,12-15H2,1-4H3,(H,25,26). The van der Waals surface area contributed by atoms with Crippen molar-refractivity contribution in [1.29, 1.82) is 0 Å². The molecular formula is C23H32N2O5.